The number of benzene rings is 8. The molecule has 2 aromatic heterocycles. The molecule has 60 heavy (non-hydrogen) atoms. The van der Waals surface area contributed by atoms with Gasteiger partial charge >= 0.3 is 0 Å². The highest BCUT2D eigenvalue weighted by atomic mass is 15.0. The number of fused-ring (bicyclic) bond motifs is 3. The van der Waals surface area contributed by atoms with E-state index in [2.05, 4.69) is 102 Å². The second kappa shape index (κ2) is 15.1. The van der Waals surface area contributed by atoms with Gasteiger partial charge in [0.05, 0.1) is 40.0 Å². The number of para-hydroxylation sites is 1. The molecule has 10 rings (SSSR count). The first-order valence-electron chi connectivity index (χ1n) is 19.7. The summed E-state index contributed by atoms with van der Waals surface area (Å²) in [5.41, 5.74) is 13.9. The van der Waals surface area contributed by atoms with Crippen LogP contribution in [0.3, 0.4) is 0 Å². The van der Waals surface area contributed by atoms with Gasteiger partial charge < -0.3 is 4.57 Å². The van der Waals surface area contributed by atoms with E-state index in [0.717, 1.165) is 77.6 Å². The maximum atomic E-state index is 9.83. The van der Waals surface area contributed by atoms with Crippen LogP contribution in [0.25, 0.3) is 95.0 Å². The summed E-state index contributed by atoms with van der Waals surface area (Å²) < 4.78 is 2.35. The predicted octanol–water partition coefficient (Wildman–Crippen LogP) is 13.0. The molecule has 10 aromatic rings. The zero-order valence-corrected chi connectivity index (χ0v) is 32.6. The lowest BCUT2D eigenvalue weighted by atomic mass is 9.91. The van der Waals surface area contributed by atoms with Crippen LogP contribution in [0.5, 0.6) is 0 Å². The molecule has 6 nitrogen and oxygen atoms in total. The molecule has 0 fully saturated rings. The summed E-state index contributed by atoms with van der Waals surface area (Å²) in [7, 11) is 0. The number of nitriles is 2. The molecule has 0 radical (unpaired) electrons. The SMILES string of the molecule is Cc1ccc(-c2ccc3c(c2)c2ccccc2n3-c2c(-c3ccc(C#N)cc3)cc(-c3nc(-c4ccccc4)nc(-c4ccccc4)n3)cc2-c2ccc(C#N)cc2)cc1. The molecule has 0 aliphatic carbocycles. The summed E-state index contributed by atoms with van der Waals surface area (Å²) in [5, 5.41) is 21.9. The monoisotopic (exact) mass is 766 g/mol. The molecule has 2 heterocycles. The van der Waals surface area contributed by atoms with Crippen LogP contribution in [0.1, 0.15) is 16.7 Å². The fourth-order valence-electron chi connectivity index (χ4n) is 7.97. The maximum Gasteiger partial charge on any atom is 0.164 e. The van der Waals surface area contributed by atoms with E-state index in [4.69, 9.17) is 15.0 Å². The van der Waals surface area contributed by atoms with Crippen molar-refractivity contribution in [2.45, 2.75) is 6.92 Å². The smallest absolute Gasteiger partial charge is 0.164 e. The van der Waals surface area contributed by atoms with Crippen LogP contribution in [0.15, 0.2) is 188 Å². The molecule has 0 spiro atoms. The second-order valence-electron chi connectivity index (χ2n) is 14.8. The summed E-state index contributed by atoms with van der Waals surface area (Å²) in [6, 6.07) is 68.1. The van der Waals surface area contributed by atoms with Crippen molar-refractivity contribution < 1.29 is 0 Å². The molecule has 0 bridgehead atoms. The van der Waals surface area contributed by atoms with E-state index in [1.807, 2.05) is 109 Å². The molecule has 0 saturated carbocycles. The lowest BCUT2D eigenvalue weighted by molar-refractivity contribution is 1.07. The van der Waals surface area contributed by atoms with E-state index in [-0.39, 0.29) is 0 Å². The van der Waals surface area contributed by atoms with Crippen molar-refractivity contribution in [1.82, 2.24) is 19.5 Å². The minimum atomic E-state index is 0.518. The Hall–Kier alpha value is -8.45. The summed E-state index contributed by atoms with van der Waals surface area (Å²) in [5.74, 6) is 1.65. The van der Waals surface area contributed by atoms with Crippen molar-refractivity contribution in [3.8, 4) is 85.4 Å². The van der Waals surface area contributed by atoms with Crippen LogP contribution in [0, 0.1) is 29.6 Å². The highest BCUT2D eigenvalue weighted by molar-refractivity contribution is 6.12. The minimum absolute atomic E-state index is 0.518. The second-order valence-corrected chi connectivity index (χ2v) is 14.8. The van der Waals surface area contributed by atoms with Crippen LogP contribution < -0.4 is 0 Å². The fourth-order valence-corrected chi connectivity index (χ4v) is 7.97. The predicted molar refractivity (Wildman–Crippen MR) is 241 cm³/mol. The van der Waals surface area contributed by atoms with Gasteiger partial charge in [-0.05, 0) is 83.8 Å². The zero-order valence-electron chi connectivity index (χ0n) is 32.6. The number of rotatable bonds is 7. The lowest BCUT2D eigenvalue weighted by Gasteiger charge is -2.21. The van der Waals surface area contributed by atoms with Gasteiger partial charge in [-0.15, -0.1) is 0 Å². The third-order valence-electron chi connectivity index (χ3n) is 11.0. The van der Waals surface area contributed by atoms with Crippen LogP contribution in [-0.2, 0) is 0 Å². The van der Waals surface area contributed by atoms with Crippen molar-refractivity contribution in [2.24, 2.45) is 0 Å². The molecule has 0 unspecified atom stereocenters. The van der Waals surface area contributed by atoms with Crippen LogP contribution in [-0.4, -0.2) is 19.5 Å². The Kier molecular flexibility index (Phi) is 9.06. The molecule has 0 saturated heterocycles. The first kappa shape index (κ1) is 35.9. The standard InChI is InChI=1S/C54H34N6/c1-35-16-22-38(23-17-35)43-28-29-50-48(30-43)45-14-8-9-15-49(45)60(50)51-46(39-24-18-36(33-55)19-25-39)31-44(32-47(51)40-26-20-37(34-56)21-27-40)54-58-52(41-10-4-2-5-11-41)57-53(59-54)42-12-6-3-7-13-42/h2-32H,1H3. The van der Waals surface area contributed by atoms with Gasteiger partial charge in [0.1, 0.15) is 0 Å². The van der Waals surface area contributed by atoms with Gasteiger partial charge in [0.2, 0.25) is 0 Å². The molecule has 0 N–H and O–H groups in total. The van der Waals surface area contributed by atoms with E-state index in [0.29, 0.717) is 28.6 Å². The van der Waals surface area contributed by atoms with E-state index in [1.54, 1.807) is 0 Å². The first-order valence-corrected chi connectivity index (χ1v) is 19.7. The van der Waals surface area contributed by atoms with E-state index in [9.17, 15) is 10.5 Å². The highest BCUT2D eigenvalue weighted by Gasteiger charge is 2.23. The van der Waals surface area contributed by atoms with E-state index < -0.39 is 0 Å². The Morgan fingerprint density at radius 3 is 1.37 bits per heavy atom. The normalized spacial score (nSPS) is 11.1. The molecule has 6 heteroatoms. The average Bonchev–Trinajstić information content (AvgIpc) is 3.65. The molecule has 0 aliphatic heterocycles. The van der Waals surface area contributed by atoms with Crippen molar-refractivity contribution >= 4 is 21.8 Å². The summed E-state index contributed by atoms with van der Waals surface area (Å²) in [6.07, 6.45) is 0. The molecule has 0 aliphatic rings. The summed E-state index contributed by atoms with van der Waals surface area (Å²) >= 11 is 0. The van der Waals surface area contributed by atoms with Gasteiger partial charge in [0.15, 0.2) is 17.5 Å². The number of hydrogen-bond acceptors (Lipinski definition) is 5. The molecular formula is C54H34N6. The minimum Gasteiger partial charge on any atom is -0.308 e. The molecule has 280 valence electrons. The maximum absolute atomic E-state index is 9.83. The molecule has 0 atom stereocenters. The van der Waals surface area contributed by atoms with Crippen molar-refractivity contribution in [1.29, 1.82) is 10.5 Å². The van der Waals surface area contributed by atoms with Gasteiger partial charge in [-0.2, -0.15) is 10.5 Å². The van der Waals surface area contributed by atoms with Crippen molar-refractivity contribution in [3.05, 3.63) is 205 Å². The Morgan fingerprint density at radius 1 is 0.383 bits per heavy atom. The Balaban J connectivity index is 1.31. The first-order chi connectivity index (χ1) is 29.5. The average molecular weight is 767 g/mol. The highest BCUT2D eigenvalue weighted by Crippen LogP contribution is 2.44. The third-order valence-corrected chi connectivity index (χ3v) is 11.0. The largest absolute Gasteiger partial charge is 0.308 e. The van der Waals surface area contributed by atoms with Gasteiger partial charge in [0.25, 0.3) is 0 Å². The Labute approximate surface area is 347 Å². The van der Waals surface area contributed by atoms with E-state index in [1.165, 1.54) is 5.56 Å². The lowest BCUT2D eigenvalue weighted by Crippen LogP contribution is -2.04. The number of hydrogen-bond donors (Lipinski definition) is 0. The molecule has 0 amide bonds. The Morgan fingerprint density at radius 2 is 0.833 bits per heavy atom. The summed E-state index contributed by atoms with van der Waals surface area (Å²) in [6.45, 7) is 2.11. The van der Waals surface area contributed by atoms with Crippen molar-refractivity contribution in [2.75, 3.05) is 0 Å². The van der Waals surface area contributed by atoms with Gasteiger partial charge in [-0.25, -0.2) is 15.0 Å². The fraction of sp³-hybridized carbons (Fsp3) is 0.0185. The van der Waals surface area contributed by atoms with Crippen LogP contribution >= 0.6 is 0 Å². The van der Waals surface area contributed by atoms with Crippen molar-refractivity contribution in [3.63, 3.8) is 0 Å². The number of nitrogens with zero attached hydrogens (tertiary/aromatic N) is 6. The van der Waals surface area contributed by atoms with E-state index >= 15 is 0 Å². The van der Waals surface area contributed by atoms with Crippen LogP contribution in [0.4, 0.5) is 0 Å². The molecular weight excluding hydrogens is 733 g/mol. The summed E-state index contributed by atoms with van der Waals surface area (Å²) in [4.78, 5) is 15.3. The topological polar surface area (TPSA) is 91.2 Å². The van der Waals surface area contributed by atoms with Gasteiger partial charge in [-0.1, -0.05) is 139 Å². The van der Waals surface area contributed by atoms with Gasteiger partial charge in [0, 0.05) is 38.6 Å². The Bertz CT molecular complexity index is 3160. The van der Waals surface area contributed by atoms with Gasteiger partial charge in [-0.3, -0.25) is 0 Å². The molecule has 8 aromatic carbocycles. The zero-order chi connectivity index (χ0) is 40.6. The van der Waals surface area contributed by atoms with Crippen LogP contribution in [0.2, 0.25) is 0 Å². The third kappa shape index (κ3) is 6.55. The number of aromatic nitrogens is 4. The quantitative estimate of drug-likeness (QED) is 0.161. The number of aryl methyl sites for hydroxylation is 1.